The fourth-order valence-corrected chi connectivity index (χ4v) is 5.43. The van der Waals surface area contributed by atoms with Crippen LogP contribution in [-0.4, -0.2) is 67.5 Å². The molecule has 2 aromatic heterocycles. The number of rotatable bonds is 5. The number of aromatic nitrogens is 3. The Labute approximate surface area is 217 Å². The minimum atomic E-state index is -0.767. The fraction of sp³-hybridized carbons (Fsp3) is 0.333. The Kier molecular flexibility index (Phi) is 6.32. The van der Waals surface area contributed by atoms with Crippen molar-refractivity contribution in [3.8, 4) is 28.3 Å². The number of pyridine rings is 1. The second kappa shape index (κ2) is 9.80. The molecule has 2 aromatic carbocycles. The number of halogens is 3. The molecule has 2 aliphatic heterocycles. The SMILES string of the molecule is CNc1ncc(-c2cc(F)cc(OC)c2)c(N2CC[C@@H]3NCCO[C@H]3C2)c1-c1nc2c(F)cc(F)cc2[nH]1. The summed E-state index contributed by atoms with van der Waals surface area (Å²) >= 11 is 0. The van der Waals surface area contributed by atoms with E-state index >= 15 is 0 Å². The van der Waals surface area contributed by atoms with E-state index in [-0.39, 0.29) is 23.2 Å². The minimum absolute atomic E-state index is 0.0192. The summed E-state index contributed by atoms with van der Waals surface area (Å²) < 4.78 is 54.7. The maximum atomic E-state index is 14.6. The van der Waals surface area contributed by atoms with Gasteiger partial charge in [0, 0.05) is 56.6 Å². The summed E-state index contributed by atoms with van der Waals surface area (Å²) in [6, 6.07) is 6.71. The number of imidazole rings is 1. The lowest BCUT2D eigenvalue weighted by Gasteiger charge is -2.43. The summed E-state index contributed by atoms with van der Waals surface area (Å²) in [5.41, 5.74) is 2.74. The monoisotopic (exact) mass is 524 g/mol. The number of piperidine rings is 1. The molecule has 0 saturated carbocycles. The van der Waals surface area contributed by atoms with Gasteiger partial charge < -0.3 is 30.0 Å². The predicted molar refractivity (Wildman–Crippen MR) is 139 cm³/mol. The second-order valence-electron chi connectivity index (χ2n) is 9.45. The molecule has 0 spiro atoms. The van der Waals surface area contributed by atoms with Crippen LogP contribution in [0.4, 0.5) is 24.7 Å². The van der Waals surface area contributed by atoms with Gasteiger partial charge in [-0.25, -0.2) is 23.1 Å². The quantitative estimate of drug-likeness (QED) is 0.358. The molecule has 2 atom stereocenters. The van der Waals surface area contributed by atoms with Crippen LogP contribution in [0.5, 0.6) is 5.75 Å². The largest absolute Gasteiger partial charge is 0.497 e. The van der Waals surface area contributed by atoms with Gasteiger partial charge in [-0.1, -0.05) is 0 Å². The number of anilines is 2. The average molecular weight is 525 g/mol. The molecule has 8 nitrogen and oxygen atoms in total. The summed E-state index contributed by atoms with van der Waals surface area (Å²) in [4.78, 5) is 14.4. The van der Waals surface area contributed by atoms with Gasteiger partial charge in [-0.3, -0.25) is 0 Å². The Bertz CT molecular complexity index is 1510. The maximum absolute atomic E-state index is 14.6. The number of hydrogen-bond acceptors (Lipinski definition) is 7. The number of hydrogen-bond donors (Lipinski definition) is 3. The molecule has 0 aliphatic carbocycles. The fourth-order valence-electron chi connectivity index (χ4n) is 5.43. The standard InChI is InChI=1S/C27H27F3N6O2/c1-31-26-23(27-34-21-11-16(29)10-19(30)24(21)35-27)25(36-5-3-20-22(13-36)38-6-4-32-20)18(12-33-26)14-7-15(28)9-17(8-14)37-2/h7-12,20,22,32H,3-6,13H2,1-2H3,(H,31,33)(H,34,35)/t20-,22-/m0/s1. The van der Waals surface area contributed by atoms with Crippen molar-refractivity contribution in [2.24, 2.45) is 0 Å². The molecule has 4 aromatic rings. The number of H-pyrrole nitrogens is 1. The zero-order chi connectivity index (χ0) is 26.4. The number of nitrogens with one attached hydrogen (secondary N) is 3. The molecule has 4 heterocycles. The molecule has 2 saturated heterocycles. The van der Waals surface area contributed by atoms with Crippen LogP contribution in [0.3, 0.4) is 0 Å². The van der Waals surface area contributed by atoms with E-state index < -0.39 is 17.5 Å². The first-order chi connectivity index (χ1) is 18.4. The molecule has 2 aliphatic rings. The van der Waals surface area contributed by atoms with Crippen LogP contribution in [0.2, 0.25) is 0 Å². The van der Waals surface area contributed by atoms with E-state index in [9.17, 15) is 13.2 Å². The van der Waals surface area contributed by atoms with Gasteiger partial charge in [-0.15, -0.1) is 0 Å². The highest BCUT2D eigenvalue weighted by Crippen LogP contribution is 2.44. The van der Waals surface area contributed by atoms with Gasteiger partial charge in [0.1, 0.15) is 34.5 Å². The van der Waals surface area contributed by atoms with Crippen LogP contribution in [-0.2, 0) is 4.74 Å². The Morgan fingerprint density at radius 1 is 1.13 bits per heavy atom. The Morgan fingerprint density at radius 2 is 1.97 bits per heavy atom. The van der Waals surface area contributed by atoms with Crippen LogP contribution in [0.15, 0.2) is 36.5 Å². The van der Waals surface area contributed by atoms with Crippen molar-refractivity contribution in [1.82, 2.24) is 20.3 Å². The number of benzene rings is 2. The number of nitrogens with zero attached hydrogens (tertiary/aromatic N) is 3. The topological polar surface area (TPSA) is 87.3 Å². The van der Waals surface area contributed by atoms with Gasteiger partial charge in [0.2, 0.25) is 0 Å². The van der Waals surface area contributed by atoms with E-state index in [1.54, 1.807) is 19.3 Å². The third kappa shape index (κ3) is 4.31. The summed E-state index contributed by atoms with van der Waals surface area (Å²) in [7, 11) is 3.21. The molecule has 0 bridgehead atoms. The van der Waals surface area contributed by atoms with Crippen molar-refractivity contribution in [3.63, 3.8) is 0 Å². The zero-order valence-corrected chi connectivity index (χ0v) is 20.9. The van der Waals surface area contributed by atoms with Gasteiger partial charge in [0.05, 0.1) is 36.6 Å². The smallest absolute Gasteiger partial charge is 0.153 e. The maximum Gasteiger partial charge on any atom is 0.153 e. The number of ether oxygens (including phenoxy) is 2. The molecule has 0 radical (unpaired) electrons. The zero-order valence-electron chi connectivity index (χ0n) is 20.9. The lowest BCUT2D eigenvalue weighted by molar-refractivity contribution is -0.00899. The summed E-state index contributed by atoms with van der Waals surface area (Å²) in [5.74, 6) is -0.767. The number of methoxy groups -OCH3 is 1. The van der Waals surface area contributed by atoms with Crippen LogP contribution in [0.1, 0.15) is 6.42 Å². The van der Waals surface area contributed by atoms with Crippen LogP contribution < -0.4 is 20.3 Å². The first-order valence-corrected chi connectivity index (χ1v) is 12.5. The third-order valence-electron chi connectivity index (χ3n) is 7.16. The van der Waals surface area contributed by atoms with Gasteiger partial charge in [-0.05, 0) is 30.2 Å². The predicted octanol–water partition coefficient (Wildman–Crippen LogP) is 4.33. The van der Waals surface area contributed by atoms with E-state index in [2.05, 4.69) is 30.5 Å². The Morgan fingerprint density at radius 3 is 2.79 bits per heavy atom. The highest BCUT2D eigenvalue weighted by molar-refractivity contribution is 5.96. The molecule has 2 fully saturated rings. The first kappa shape index (κ1) is 24.5. The average Bonchev–Trinajstić information content (AvgIpc) is 3.35. The molecule has 38 heavy (non-hydrogen) atoms. The number of fused-ring (bicyclic) bond motifs is 2. The van der Waals surface area contributed by atoms with Crippen molar-refractivity contribution >= 4 is 22.5 Å². The minimum Gasteiger partial charge on any atom is -0.497 e. The van der Waals surface area contributed by atoms with Crippen molar-refractivity contribution < 1.29 is 22.6 Å². The third-order valence-corrected chi connectivity index (χ3v) is 7.16. The molecule has 198 valence electrons. The van der Waals surface area contributed by atoms with E-state index in [0.29, 0.717) is 53.8 Å². The van der Waals surface area contributed by atoms with Gasteiger partial charge in [-0.2, -0.15) is 0 Å². The van der Waals surface area contributed by atoms with E-state index in [0.717, 1.165) is 24.7 Å². The Balaban J connectivity index is 1.59. The van der Waals surface area contributed by atoms with Gasteiger partial charge in [0.15, 0.2) is 5.82 Å². The summed E-state index contributed by atoms with van der Waals surface area (Å²) in [6.07, 6.45) is 2.45. The van der Waals surface area contributed by atoms with Gasteiger partial charge >= 0.3 is 0 Å². The molecule has 0 amide bonds. The highest BCUT2D eigenvalue weighted by Gasteiger charge is 2.35. The van der Waals surface area contributed by atoms with E-state index in [1.807, 2.05) is 0 Å². The van der Waals surface area contributed by atoms with Crippen molar-refractivity contribution in [3.05, 3.63) is 54.0 Å². The van der Waals surface area contributed by atoms with Crippen molar-refractivity contribution in [2.45, 2.75) is 18.6 Å². The van der Waals surface area contributed by atoms with Crippen LogP contribution in [0, 0.1) is 17.5 Å². The molecule has 11 heteroatoms. The van der Waals surface area contributed by atoms with Crippen LogP contribution in [0.25, 0.3) is 33.5 Å². The molecular weight excluding hydrogens is 497 g/mol. The lowest BCUT2D eigenvalue weighted by atomic mass is 9.95. The lowest BCUT2D eigenvalue weighted by Crippen LogP contribution is -2.58. The number of morpholine rings is 1. The highest BCUT2D eigenvalue weighted by atomic mass is 19.1. The molecule has 3 N–H and O–H groups in total. The van der Waals surface area contributed by atoms with Crippen LogP contribution >= 0.6 is 0 Å². The van der Waals surface area contributed by atoms with E-state index in [4.69, 9.17) is 9.47 Å². The van der Waals surface area contributed by atoms with Crippen molar-refractivity contribution in [2.75, 3.05) is 50.6 Å². The number of aromatic amines is 1. The normalized spacial score (nSPS) is 19.4. The molecule has 0 unspecified atom stereocenters. The van der Waals surface area contributed by atoms with E-state index in [1.165, 1.54) is 25.3 Å². The molecular formula is C27H27F3N6O2. The second-order valence-corrected chi connectivity index (χ2v) is 9.45. The molecule has 6 rings (SSSR count). The first-order valence-electron chi connectivity index (χ1n) is 12.5. The van der Waals surface area contributed by atoms with Gasteiger partial charge in [0.25, 0.3) is 0 Å². The van der Waals surface area contributed by atoms with Crippen molar-refractivity contribution in [1.29, 1.82) is 0 Å². The summed E-state index contributed by atoms with van der Waals surface area (Å²) in [6.45, 7) is 2.67. The summed E-state index contributed by atoms with van der Waals surface area (Å²) in [5, 5.41) is 6.63. The Hall–Kier alpha value is -3.83.